The molecule has 1 spiro atoms. The van der Waals surface area contributed by atoms with Gasteiger partial charge in [-0.1, -0.05) is 23.7 Å². The minimum atomic E-state index is -3.60. The van der Waals surface area contributed by atoms with Crippen molar-refractivity contribution in [3.8, 4) is 0 Å². The Morgan fingerprint density at radius 3 is 2.45 bits per heavy atom. The Bertz CT molecular complexity index is 864. The molecule has 3 saturated heterocycles. The van der Waals surface area contributed by atoms with Crippen molar-refractivity contribution in [1.82, 2.24) is 13.9 Å². The second-order valence-electron chi connectivity index (χ2n) is 8.38. The number of amides is 1. The van der Waals surface area contributed by atoms with E-state index in [1.54, 1.807) is 0 Å². The van der Waals surface area contributed by atoms with Crippen LogP contribution in [-0.2, 0) is 30.9 Å². The standard InChI is InChI=1S/C21H30ClN3O5S/c22-19-5-3-17(4-6-19)7-10-23-20(26)18-2-1-11-25(16-18)31(27,28)24-12-8-21(9-13-24)29-14-15-30-21/h3-6,18H,1-2,7-16H2,(H,23,26). The number of rotatable bonds is 6. The molecule has 1 aromatic carbocycles. The van der Waals surface area contributed by atoms with Gasteiger partial charge in [0.25, 0.3) is 10.2 Å². The van der Waals surface area contributed by atoms with Crippen molar-refractivity contribution in [1.29, 1.82) is 0 Å². The van der Waals surface area contributed by atoms with Crippen LogP contribution in [0.3, 0.4) is 0 Å². The zero-order valence-electron chi connectivity index (χ0n) is 17.6. The van der Waals surface area contributed by atoms with Crippen molar-refractivity contribution in [2.24, 2.45) is 5.92 Å². The van der Waals surface area contributed by atoms with Crippen LogP contribution in [0.15, 0.2) is 24.3 Å². The van der Waals surface area contributed by atoms with E-state index in [1.807, 2.05) is 24.3 Å². The number of hydrogen-bond acceptors (Lipinski definition) is 5. The maximum absolute atomic E-state index is 13.2. The first-order valence-corrected chi connectivity index (χ1v) is 12.7. The average molecular weight is 472 g/mol. The highest BCUT2D eigenvalue weighted by Crippen LogP contribution is 2.33. The number of carbonyl (C=O) groups excluding carboxylic acids is 1. The minimum Gasteiger partial charge on any atom is -0.355 e. The summed E-state index contributed by atoms with van der Waals surface area (Å²) in [6, 6.07) is 7.54. The summed E-state index contributed by atoms with van der Waals surface area (Å²) in [4.78, 5) is 12.7. The summed E-state index contributed by atoms with van der Waals surface area (Å²) in [5.41, 5.74) is 1.09. The SMILES string of the molecule is O=C(NCCc1ccc(Cl)cc1)C1CCCN(S(=O)(=O)N2CCC3(CC2)OCCO3)C1. The lowest BCUT2D eigenvalue weighted by atomic mass is 9.99. The average Bonchev–Trinajstić information content (AvgIpc) is 3.23. The summed E-state index contributed by atoms with van der Waals surface area (Å²) in [5, 5.41) is 3.64. The van der Waals surface area contributed by atoms with Gasteiger partial charge >= 0.3 is 0 Å². The Morgan fingerprint density at radius 1 is 1.10 bits per heavy atom. The molecule has 0 bridgehead atoms. The second-order valence-corrected chi connectivity index (χ2v) is 10.7. The lowest BCUT2D eigenvalue weighted by Crippen LogP contribution is -2.54. The summed E-state index contributed by atoms with van der Waals surface area (Å²) in [7, 11) is -3.60. The van der Waals surface area contributed by atoms with E-state index in [2.05, 4.69) is 5.32 Å². The fourth-order valence-corrected chi connectivity index (χ4v) is 6.32. The zero-order valence-corrected chi connectivity index (χ0v) is 19.2. The van der Waals surface area contributed by atoms with E-state index in [0.717, 1.165) is 5.56 Å². The molecule has 1 aromatic rings. The molecule has 1 amide bonds. The molecule has 0 aliphatic carbocycles. The molecule has 172 valence electrons. The van der Waals surface area contributed by atoms with Crippen molar-refractivity contribution < 1.29 is 22.7 Å². The number of piperidine rings is 2. The molecular weight excluding hydrogens is 442 g/mol. The van der Waals surface area contributed by atoms with Crippen molar-refractivity contribution in [3.05, 3.63) is 34.9 Å². The maximum Gasteiger partial charge on any atom is 0.282 e. The molecule has 4 rings (SSSR count). The Hall–Kier alpha value is -1.23. The molecule has 1 N–H and O–H groups in total. The number of ether oxygens (including phenoxy) is 2. The fraction of sp³-hybridized carbons (Fsp3) is 0.667. The topological polar surface area (TPSA) is 88.2 Å². The van der Waals surface area contributed by atoms with Crippen LogP contribution in [-0.4, -0.2) is 74.7 Å². The van der Waals surface area contributed by atoms with Crippen molar-refractivity contribution in [3.63, 3.8) is 0 Å². The van der Waals surface area contributed by atoms with Gasteiger partial charge in [-0.25, -0.2) is 0 Å². The van der Waals surface area contributed by atoms with E-state index >= 15 is 0 Å². The fourth-order valence-electron chi connectivity index (χ4n) is 4.50. The van der Waals surface area contributed by atoms with Gasteiger partial charge in [0.1, 0.15) is 0 Å². The second kappa shape index (κ2) is 9.72. The third kappa shape index (κ3) is 5.40. The molecule has 8 nitrogen and oxygen atoms in total. The van der Waals surface area contributed by atoms with Gasteiger partial charge in [-0.2, -0.15) is 17.0 Å². The van der Waals surface area contributed by atoms with Crippen LogP contribution in [0.2, 0.25) is 5.02 Å². The molecule has 1 unspecified atom stereocenters. The summed E-state index contributed by atoms with van der Waals surface area (Å²) in [5.74, 6) is -1.02. The Morgan fingerprint density at radius 2 is 1.77 bits per heavy atom. The molecule has 3 aliphatic heterocycles. The number of nitrogens with zero attached hydrogens (tertiary/aromatic N) is 2. The third-order valence-corrected chi connectivity index (χ3v) is 8.59. The smallest absolute Gasteiger partial charge is 0.282 e. The molecule has 1 atom stereocenters. The summed E-state index contributed by atoms with van der Waals surface area (Å²) >= 11 is 5.90. The Balaban J connectivity index is 1.28. The molecule has 3 fully saturated rings. The predicted octanol–water partition coefficient (Wildman–Crippen LogP) is 1.79. The van der Waals surface area contributed by atoms with Gasteiger partial charge in [-0.3, -0.25) is 4.79 Å². The summed E-state index contributed by atoms with van der Waals surface area (Å²) in [6.07, 6.45) is 3.16. The first-order valence-electron chi connectivity index (χ1n) is 10.9. The quantitative estimate of drug-likeness (QED) is 0.683. The highest BCUT2D eigenvalue weighted by Gasteiger charge is 2.44. The van der Waals surface area contributed by atoms with Crippen LogP contribution in [0.25, 0.3) is 0 Å². The Labute approximate surface area is 189 Å². The minimum absolute atomic E-state index is 0.0841. The van der Waals surface area contributed by atoms with Gasteiger partial charge in [0, 0.05) is 50.6 Å². The monoisotopic (exact) mass is 471 g/mol. The van der Waals surface area contributed by atoms with Crippen molar-refractivity contribution >= 4 is 27.7 Å². The molecule has 10 heteroatoms. The number of hydrogen-bond donors (Lipinski definition) is 1. The van der Waals surface area contributed by atoms with E-state index in [1.165, 1.54) is 8.61 Å². The molecular formula is C21H30ClN3O5S. The van der Waals surface area contributed by atoms with Crippen LogP contribution in [0.4, 0.5) is 0 Å². The molecule has 0 radical (unpaired) electrons. The van der Waals surface area contributed by atoms with Crippen molar-refractivity contribution in [2.45, 2.75) is 37.9 Å². The van der Waals surface area contributed by atoms with Crippen LogP contribution < -0.4 is 5.32 Å². The van der Waals surface area contributed by atoms with Crippen LogP contribution >= 0.6 is 11.6 Å². The van der Waals surface area contributed by atoms with Gasteiger partial charge in [0.05, 0.1) is 19.1 Å². The lowest BCUT2D eigenvalue weighted by Gasteiger charge is -2.40. The van der Waals surface area contributed by atoms with Crippen LogP contribution in [0, 0.1) is 5.92 Å². The molecule has 3 heterocycles. The number of nitrogens with one attached hydrogen (secondary N) is 1. The van der Waals surface area contributed by atoms with Gasteiger partial charge in [-0.15, -0.1) is 0 Å². The van der Waals surface area contributed by atoms with Gasteiger partial charge in [0.15, 0.2) is 5.79 Å². The highest BCUT2D eigenvalue weighted by atomic mass is 35.5. The summed E-state index contributed by atoms with van der Waals surface area (Å²) in [6.45, 7) is 3.06. The normalized spacial score (nSPS) is 25.0. The number of benzene rings is 1. The van der Waals surface area contributed by atoms with Gasteiger partial charge < -0.3 is 14.8 Å². The van der Waals surface area contributed by atoms with E-state index in [9.17, 15) is 13.2 Å². The van der Waals surface area contributed by atoms with Crippen LogP contribution in [0.5, 0.6) is 0 Å². The van der Waals surface area contributed by atoms with E-state index in [-0.39, 0.29) is 18.4 Å². The molecule has 0 saturated carbocycles. The lowest BCUT2D eigenvalue weighted by molar-refractivity contribution is -0.179. The first kappa shape index (κ1) is 22.9. The first-order chi connectivity index (χ1) is 14.9. The maximum atomic E-state index is 13.2. The number of carbonyl (C=O) groups is 1. The van der Waals surface area contributed by atoms with E-state index < -0.39 is 16.0 Å². The Kier molecular flexibility index (Phi) is 7.20. The zero-order chi connectivity index (χ0) is 21.9. The van der Waals surface area contributed by atoms with E-state index in [0.29, 0.717) is 76.5 Å². The van der Waals surface area contributed by atoms with Crippen LogP contribution in [0.1, 0.15) is 31.2 Å². The predicted molar refractivity (Wildman–Crippen MR) is 117 cm³/mol. The van der Waals surface area contributed by atoms with Gasteiger partial charge in [-0.05, 0) is 37.0 Å². The summed E-state index contributed by atoms with van der Waals surface area (Å²) < 4.78 is 40.7. The molecule has 3 aliphatic rings. The molecule has 0 aromatic heterocycles. The van der Waals surface area contributed by atoms with Gasteiger partial charge in [0.2, 0.25) is 5.91 Å². The highest BCUT2D eigenvalue weighted by molar-refractivity contribution is 7.86. The largest absolute Gasteiger partial charge is 0.355 e. The molecule has 31 heavy (non-hydrogen) atoms. The number of halogens is 1. The third-order valence-electron chi connectivity index (χ3n) is 6.33. The van der Waals surface area contributed by atoms with Crippen molar-refractivity contribution in [2.75, 3.05) is 45.9 Å². The van der Waals surface area contributed by atoms with E-state index in [4.69, 9.17) is 21.1 Å².